The normalized spacial score (nSPS) is 9.43. The molecule has 1 nitrogen and oxygen atoms in total. The van der Waals surface area contributed by atoms with Crippen LogP contribution in [0.15, 0.2) is 10.7 Å². The van der Waals surface area contributed by atoms with Gasteiger partial charge in [0.2, 0.25) is 0 Å². The number of halogens is 2. The van der Waals surface area contributed by atoms with Crippen molar-refractivity contribution >= 4 is 23.2 Å². The SMILES string of the molecule is Clc1[c]occ1Cl. The quantitative estimate of drug-likeness (QED) is 0.533. The zero-order chi connectivity index (χ0) is 5.28. The summed E-state index contributed by atoms with van der Waals surface area (Å²) in [4.78, 5) is 0. The van der Waals surface area contributed by atoms with E-state index in [-0.39, 0.29) is 0 Å². The molecule has 37 valence electrons. The molecule has 1 aromatic heterocycles. The van der Waals surface area contributed by atoms with E-state index in [4.69, 9.17) is 23.2 Å². The van der Waals surface area contributed by atoms with Crippen LogP contribution < -0.4 is 0 Å². The van der Waals surface area contributed by atoms with Gasteiger partial charge < -0.3 is 4.42 Å². The second kappa shape index (κ2) is 1.76. The summed E-state index contributed by atoms with van der Waals surface area (Å²) in [6.45, 7) is 0. The van der Waals surface area contributed by atoms with Crippen molar-refractivity contribution in [2.24, 2.45) is 0 Å². The molecule has 1 rings (SSSR count). The van der Waals surface area contributed by atoms with Gasteiger partial charge in [0, 0.05) is 0 Å². The molecule has 0 saturated heterocycles. The lowest BCUT2D eigenvalue weighted by Gasteiger charge is -1.69. The summed E-state index contributed by atoms with van der Waals surface area (Å²) >= 11 is 10.7. The van der Waals surface area contributed by atoms with Crippen LogP contribution in [0, 0.1) is 6.26 Å². The predicted molar refractivity (Wildman–Crippen MR) is 27.6 cm³/mol. The van der Waals surface area contributed by atoms with Crippen LogP contribution in [0.4, 0.5) is 0 Å². The Bertz CT molecular complexity index is 142. The Kier molecular flexibility index (Phi) is 1.26. The minimum Gasteiger partial charge on any atom is -0.458 e. The van der Waals surface area contributed by atoms with Gasteiger partial charge in [-0.2, -0.15) is 0 Å². The van der Waals surface area contributed by atoms with Gasteiger partial charge in [-0.1, -0.05) is 23.2 Å². The van der Waals surface area contributed by atoms with Crippen LogP contribution in [0.2, 0.25) is 10.0 Å². The van der Waals surface area contributed by atoms with Crippen LogP contribution in [-0.4, -0.2) is 0 Å². The molecule has 0 atom stereocenters. The minimum atomic E-state index is 0.335. The van der Waals surface area contributed by atoms with E-state index >= 15 is 0 Å². The van der Waals surface area contributed by atoms with E-state index in [0.717, 1.165) is 0 Å². The highest BCUT2D eigenvalue weighted by molar-refractivity contribution is 6.41. The highest BCUT2D eigenvalue weighted by Gasteiger charge is 1.95. The molecule has 0 aliphatic rings. The van der Waals surface area contributed by atoms with Gasteiger partial charge in [-0.05, 0) is 0 Å². The average Bonchev–Trinajstić information content (AvgIpc) is 1.91. The zero-order valence-corrected chi connectivity index (χ0v) is 4.75. The van der Waals surface area contributed by atoms with Gasteiger partial charge in [-0.25, -0.2) is 0 Å². The van der Waals surface area contributed by atoms with Crippen LogP contribution >= 0.6 is 23.2 Å². The number of furan rings is 1. The lowest BCUT2D eigenvalue weighted by molar-refractivity contribution is 0.558. The summed E-state index contributed by atoms with van der Waals surface area (Å²) in [5.74, 6) is 0. The molecule has 0 bridgehead atoms. The first-order valence-corrected chi connectivity index (χ1v) is 2.36. The summed E-state index contributed by atoms with van der Waals surface area (Å²) in [5.41, 5.74) is 0. The Morgan fingerprint density at radius 1 is 1.57 bits per heavy atom. The maximum atomic E-state index is 5.37. The fraction of sp³-hybridized carbons (Fsp3) is 0. The average molecular weight is 136 g/mol. The summed E-state index contributed by atoms with van der Waals surface area (Å²) in [6.07, 6.45) is 3.65. The molecule has 0 unspecified atom stereocenters. The number of hydrogen-bond donors (Lipinski definition) is 0. The molecule has 0 aromatic carbocycles. The lowest BCUT2D eigenvalue weighted by Crippen LogP contribution is -1.46. The van der Waals surface area contributed by atoms with Gasteiger partial charge in [0.05, 0.1) is 5.02 Å². The van der Waals surface area contributed by atoms with Crippen molar-refractivity contribution in [1.29, 1.82) is 0 Å². The first kappa shape index (κ1) is 5.01. The molecule has 0 spiro atoms. The van der Waals surface area contributed by atoms with E-state index < -0.39 is 0 Å². The fourth-order valence-corrected chi connectivity index (χ4v) is 0.406. The topological polar surface area (TPSA) is 13.1 Å². The molecule has 0 fully saturated rings. The Labute approximate surface area is 50.8 Å². The van der Waals surface area contributed by atoms with Gasteiger partial charge in [0.1, 0.15) is 11.3 Å². The molecular weight excluding hydrogens is 135 g/mol. The van der Waals surface area contributed by atoms with Gasteiger partial charge in [-0.3, -0.25) is 0 Å². The molecule has 0 amide bonds. The maximum Gasteiger partial charge on any atom is 0.190 e. The number of rotatable bonds is 0. The Morgan fingerprint density at radius 2 is 2.29 bits per heavy atom. The molecule has 0 aliphatic carbocycles. The van der Waals surface area contributed by atoms with E-state index in [0.29, 0.717) is 10.0 Å². The molecule has 0 aliphatic heterocycles. The van der Waals surface area contributed by atoms with Crippen LogP contribution in [-0.2, 0) is 0 Å². The van der Waals surface area contributed by atoms with E-state index in [2.05, 4.69) is 10.7 Å². The van der Waals surface area contributed by atoms with Gasteiger partial charge in [0.15, 0.2) is 6.26 Å². The smallest absolute Gasteiger partial charge is 0.190 e. The Morgan fingerprint density at radius 3 is 2.43 bits per heavy atom. The fourth-order valence-electron chi connectivity index (χ4n) is 0.233. The number of hydrogen-bond acceptors (Lipinski definition) is 1. The van der Waals surface area contributed by atoms with E-state index in [9.17, 15) is 0 Å². The van der Waals surface area contributed by atoms with Gasteiger partial charge in [-0.15, -0.1) is 0 Å². The van der Waals surface area contributed by atoms with Crippen molar-refractivity contribution < 1.29 is 4.42 Å². The second-order valence-electron chi connectivity index (χ2n) is 1.000. The zero-order valence-electron chi connectivity index (χ0n) is 3.24. The molecular formula is C4HCl2O. The highest BCUT2D eigenvalue weighted by atomic mass is 35.5. The molecule has 0 saturated carbocycles. The molecule has 1 heterocycles. The van der Waals surface area contributed by atoms with Gasteiger partial charge in [0.25, 0.3) is 0 Å². The van der Waals surface area contributed by atoms with Crippen LogP contribution in [0.5, 0.6) is 0 Å². The van der Waals surface area contributed by atoms with E-state index in [1.165, 1.54) is 6.26 Å². The van der Waals surface area contributed by atoms with Crippen molar-refractivity contribution in [2.75, 3.05) is 0 Å². The molecule has 1 radical (unpaired) electrons. The highest BCUT2D eigenvalue weighted by Crippen LogP contribution is 2.20. The first-order valence-electron chi connectivity index (χ1n) is 1.61. The van der Waals surface area contributed by atoms with E-state index in [1.54, 1.807) is 0 Å². The van der Waals surface area contributed by atoms with Crippen molar-refractivity contribution in [3.63, 3.8) is 0 Å². The summed E-state index contributed by atoms with van der Waals surface area (Å²) < 4.78 is 4.46. The van der Waals surface area contributed by atoms with Crippen molar-refractivity contribution in [3.8, 4) is 0 Å². The third kappa shape index (κ3) is 0.898. The molecule has 0 N–H and O–H groups in total. The maximum absolute atomic E-state index is 5.37. The van der Waals surface area contributed by atoms with Gasteiger partial charge >= 0.3 is 0 Å². The van der Waals surface area contributed by atoms with Crippen LogP contribution in [0.25, 0.3) is 0 Å². The Hall–Kier alpha value is -0.140. The summed E-state index contributed by atoms with van der Waals surface area (Å²) in [5, 5.41) is 0.739. The lowest BCUT2D eigenvalue weighted by atomic mass is 10.7. The standard InChI is InChI=1S/C4HCl2O/c5-3-1-7-2-4(3)6/h1H. The third-order valence-electron chi connectivity index (χ3n) is 0.521. The molecule has 1 aromatic rings. The Balaban J connectivity index is 3.12. The van der Waals surface area contributed by atoms with Crippen molar-refractivity contribution in [2.45, 2.75) is 0 Å². The summed E-state index contributed by atoms with van der Waals surface area (Å²) in [6, 6.07) is 0. The first-order chi connectivity index (χ1) is 3.30. The minimum absolute atomic E-state index is 0.335. The van der Waals surface area contributed by atoms with E-state index in [1.807, 2.05) is 0 Å². The van der Waals surface area contributed by atoms with Crippen molar-refractivity contribution in [1.82, 2.24) is 0 Å². The third-order valence-corrected chi connectivity index (χ3v) is 1.18. The second-order valence-corrected chi connectivity index (χ2v) is 1.78. The monoisotopic (exact) mass is 135 g/mol. The van der Waals surface area contributed by atoms with Crippen LogP contribution in [0.3, 0.4) is 0 Å². The van der Waals surface area contributed by atoms with Crippen LogP contribution in [0.1, 0.15) is 0 Å². The predicted octanol–water partition coefficient (Wildman–Crippen LogP) is 2.39. The molecule has 3 heteroatoms. The molecule has 7 heavy (non-hydrogen) atoms. The largest absolute Gasteiger partial charge is 0.458 e. The summed E-state index contributed by atoms with van der Waals surface area (Å²) in [7, 11) is 0. The van der Waals surface area contributed by atoms with Crippen molar-refractivity contribution in [3.05, 3.63) is 22.6 Å².